The number of pyridine rings is 1. The van der Waals surface area contributed by atoms with Gasteiger partial charge in [0.2, 0.25) is 0 Å². The lowest BCUT2D eigenvalue weighted by atomic mass is 10.2. The molecular formula is C12H8ClFN4. The second kappa shape index (κ2) is 3.96. The summed E-state index contributed by atoms with van der Waals surface area (Å²) in [6.07, 6.45) is 1.58. The van der Waals surface area contributed by atoms with Gasteiger partial charge in [0.15, 0.2) is 11.5 Å². The largest absolute Gasteiger partial charge is 0.396 e. The molecule has 0 saturated heterocycles. The molecule has 0 spiro atoms. The Morgan fingerprint density at radius 3 is 2.89 bits per heavy atom. The van der Waals surface area contributed by atoms with Gasteiger partial charge in [0.25, 0.3) is 0 Å². The van der Waals surface area contributed by atoms with Crippen molar-refractivity contribution < 1.29 is 4.39 Å². The van der Waals surface area contributed by atoms with E-state index in [0.29, 0.717) is 27.7 Å². The number of nitrogen functional groups attached to an aromatic ring is 1. The van der Waals surface area contributed by atoms with Crippen LogP contribution < -0.4 is 5.73 Å². The Morgan fingerprint density at radius 1 is 1.28 bits per heavy atom. The quantitative estimate of drug-likeness (QED) is 0.734. The van der Waals surface area contributed by atoms with E-state index in [1.165, 1.54) is 16.6 Å². The van der Waals surface area contributed by atoms with Crippen LogP contribution in [0.5, 0.6) is 0 Å². The van der Waals surface area contributed by atoms with Crippen LogP contribution in [0.15, 0.2) is 36.5 Å². The molecule has 0 atom stereocenters. The van der Waals surface area contributed by atoms with Gasteiger partial charge >= 0.3 is 0 Å². The molecule has 0 aliphatic carbocycles. The summed E-state index contributed by atoms with van der Waals surface area (Å²) in [6, 6.07) is 7.71. The summed E-state index contributed by atoms with van der Waals surface area (Å²) in [4.78, 5) is 4.27. The molecule has 18 heavy (non-hydrogen) atoms. The monoisotopic (exact) mass is 262 g/mol. The normalized spacial score (nSPS) is 11.0. The SMILES string of the molecule is Nc1cn2nc(-c3cccc(F)c3)nc2cc1Cl. The zero-order chi connectivity index (χ0) is 12.7. The lowest BCUT2D eigenvalue weighted by Gasteiger charge is -1.96. The molecule has 3 aromatic rings. The molecule has 0 aliphatic rings. The number of rotatable bonds is 1. The Labute approximate surface area is 107 Å². The maximum Gasteiger partial charge on any atom is 0.182 e. The van der Waals surface area contributed by atoms with Gasteiger partial charge in [-0.2, -0.15) is 0 Å². The number of fused-ring (bicyclic) bond motifs is 1. The molecule has 0 radical (unpaired) electrons. The molecule has 0 amide bonds. The highest BCUT2D eigenvalue weighted by molar-refractivity contribution is 6.33. The summed E-state index contributed by atoms with van der Waals surface area (Å²) >= 11 is 5.90. The number of halogens is 2. The minimum Gasteiger partial charge on any atom is -0.396 e. The van der Waals surface area contributed by atoms with E-state index in [0.717, 1.165) is 0 Å². The van der Waals surface area contributed by atoms with Crippen molar-refractivity contribution >= 4 is 22.9 Å². The predicted molar refractivity (Wildman–Crippen MR) is 67.8 cm³/mol. The molecule has 4 nitrogen and oxygen atoms in total. The third kappa shape index (κ3) is 1.78. The lowest BCUT2D eigenvalue weighted by Crippen LogP contribution is -1.93. The molecule has 0 fully saturated rings. The Bertz CT molecular complexity index is 699. The molecule has 3 rings (SSSR count). The third-order valence-corrected chi connectivity index (χ3v) is 2.86. The van der Waals surface area contributed by atoms with Gasteiger partial charge in [-0.3, -0.25) is 0 Å². The summed E-state index contributed by atoms with van der Waals surface area (Å²) < 4.78 is 14.6. The van der Waals surface area contributed by atoms with Crippen molar-refractivity contribution in [3.8, 4) is 11.4 Å². The molecule has 0 aliphatic heterocycles. The smallest absolute Gasteiger partial charge is 0.182 e. The fraction of sp³-hybridized carbons (Fsp3) is 0. The van der Waals surface area contributed by atoms with Crippen molar-refractivity contribution in [1.29, 1.82) is 0 Å². The highest BCUT2D eigenvalue weighted by Gasteiger charge is 2.08. The average molecular weight is 263 g/mol. The second-order valence-corrected chi connectivity index (χ2v) is 4.23. The molecular weight excluding hydrogens is 255 g/mol. The first kappa shape index (κ1) is 11.0. The number of aromatic nitrogens is 3. The highest BCUT2D eigenvalue weighted by Crippen LogP contribution is 2.22. The number of anilines is 1. The number of hydrogen-bond acceptors (Lipinski definition) is 3. The van der Waals surface area contributed by atoms with Crippen LogP contribution in [0.1, 0.15) is 0 Å². The number of hydrogen-bond donors (Lipinski definition) is 1. The Kier molecular flexibility index (Phi) is 2.41. The Morgan fingerprint density at radius 2 is 2.11 bits per heavy atom. The topological polar surface area (TPSA) is 56.2 Å². The van der Waals surface area contributed by atoms with Gasteiger partial charge in [-0.15, -0.1) is 5.10 Å². The van der Waals surface area contributed by atoms with Crippen LogP contribution in [0.25, 0.3) is 17.0 Å². The number of benzene rings is 1. The van der Waals surface area contributed by atoms with Crippen molar-refractivity contribution in [2.75, 3.05) is 5.73 Å². The van der Waals surface area contributed by atoms with Crippen LogP contribution in [-0.2, 0) is 0 Å². The van der Waals surface area contributed by atoms with Gasteiger partial charge in [-0.05, 0) is 12.1 Å². The van der Waals surface area contributed by atoms with Gasteiger partial charge in [-0.25, -0.2) is 13.9 Å². The molecule has 90 valence electrons. The number of nitrogens with zero attached hydrogens (tertiary/aromatic N) is 3. The van der Waals surface area contributed by atoms with E-state index >= 15 is 0 Å². The van der Waals surface area contributed by atoms with Crippen molar-refractivity contribution in [1.82, 2.24) is 14.6 Å². The van der Waals surface area contributed by atoms with E-state index in [-0.39, 0.29) is 5.82 Å². The van der Waals surface area contributed by atoms with Crippen LogP contribution in [0.3, 0.4) is 0 Å². The standard InChI is InChI=1S/C12H8ClFN4/c13-9-5-11-16-12(17-18(11)6-10(9)15)7-2-1-3-8(14)4-7/h1-6H,15H2. The van der Waals surface area contributed by atoms with E-state index in [1.807, 2.05) is 0 Å². The molecule has 0 unspecified atom stereocenters. The van der Waals surface area contributed by atoms with Crippen LogP contribution in [0.2, 0.25) is 5.02 Å². The third-order valence-electron chi connectivity index (χ3n) is 2.53. The van der Waals surface area contributed by atoms with E-state index in [1.54, 1.807) is 24.4 Å². The predicted octanol–water partition coefficient (Wildman–Crippen LogP) is 2.77. The summed E-state index contributed by atoms with van der Waals surface area (Å²) in [7, 11) is 0. The van der Waals surface area contributed by atoms with Gasteiger partial charge in [0, 0.05) is 11.6 Å². The maximum absolute atomic E-state index is 13.1. The fourth-order valence-electron chi connectivity index (χ4n) is 1.67. The molecule has 2 aromatic heterocycles. The minimum absolute atomic E-state index is 0.330. The first-order chi connectivity index (χ1) is 8.63. The summed E-state index contributed by atoms with van der Waals surface area (Å²) in [5.41, 5.74) is 7.26. The van der Waals surface area contributed by atoms with Gasteiger partial charge in [0.05, 0.1) is 16.9 Å². The molecule has 2 N–H and O–H groups in total. The summed E-state index contributed by atoms with van der Waals surface area (Å²) in [5, 5.41) is 4.64. The van der Waals surface area contributed by atoms with Crippen LogP contribution >= 0.6 is 11.6 Å². The van der Waals surface area contributed by atoms with E-state index in [2.05, 4.69) is 10.1 Å². The van der Waals surface area contributed by atoms with Crippen molar-refractivity contribution in [2.45, 2.75) is 0 Å². The Hall–Kier alpha value is -2.14. The summed E-state index contributed by atoms with van der Waals surface area (Å²) in [5.74, 6) is 0.0973. The van der Waals surface area contributed by atoms with Gasteiger partial charge in [0.1, 0.15) is 5.82 Å². The Balaban J connectivity index is 2.19. The fourth-order valence-corrected chi connectivity index (χ4v) is 1.82. The average Bonchev–Trinajstić information content (AvgIpc) is 2.73. The van der Waals surface area contributed by atoms with Gasteiger partial charge < -0.3 is 5.73 Å². The molecule has 1 aromatic carbocycles. The van der Waals surface area contributed by atoms with Crippen LogP contribution in [0.4, 0.5) is 10.1 Å². The second-order valence-electron chi connectivity index (χ2n) is 3.83. The van der Waals surface area contributed by atoms with Crippen molar-refractivity contribution in [3.63, 3.8) is 0 Å². The molecule has 0 saturated carbocycles. The zero-order valence-electron chi connectivity index (χ0n) is 9.14. The number of nitrogens with two attached hydrogens (primary N) is 1. The lowest BCUT2D eigenvalue weighted by molar-refractivity contribution is 0.628. The maximum atomic E-state index is 13.1. The zero-order valence-corrected chi connectivity index (χ0v) is 9.89. The molecule has 2 heterocycles. The molecule has 6 heteroatoms. The van der Waals surface area contributed by atoms with E-state index in [4.69, 9.17) is 17.3 Å². The first-order valence-electron chi connectivity index (χ1n) is 5.21. The summed E-state index contributed by atoms with van der Waals surface area (Å²) in [6.45, 7) is 0. The van der Waals surface area contributed by atoms with E-state index < -0.39 is 0 Å². The van der Waals surface area contributed by atoms with Crippen LogP contribution in [-0.4, -0.2) is 14.6 Å². The minimum atomic E-state index is -0.330. The van der Waals surface area contributed by atoms with Crippen LogP contribution in [0, 0.1) is 5.82 Å². The highest BCUT2D eigenvalue weighted by atomic mass is 35.5. The van der Waals surface area contributed by atoms with Crippen molar-refractivity contribution in [3.05, 3.63) is 47.4 Å². The van der Waals surface area contributed by atoms with Gasteiger partial charge in [-0.1, -0.05) is 23.7 Å². The first-order valence-corrected chi connectivity index (χ1v) is 5.58. The van der Waals surface area contributed by atoms with Crippen molar-refractivity contribution in [2.24, 2.45) is 0 Å². The van der Waals surface area contributed by atoms with E-state index in [9.17, 15) is 4.39 Å². The molecule has 0 bridgehead atoms.